The van der Waals surface area contributed by atoms with Crippen LogP contribution in [0, 0.1) is 12.8 Å². The molecule has 1 aromatic rings. The summed E-state index contributed by atoms with van der Waals surface area (Å²) in [7, 11) is 0. The molecule has 2 N–H and O–H groups in total. The summed E-state index contributed by atoms with van der Waals surface area (Å²) in [6, 6.07) is 0.178. The smallest absolute Gasteiger partial charge is 0.191 e. The molecule has 0 spiro atoms. The van der Waals surface area contributed by atoms with Gasteiger partial charge in [-0.3, -0.25) is 9.89 Å². The lowest BCUT2D eigenvalue weighted by molar-refractivity contribution is 0.0323. The monoisotopic (exact) mass is 491 g/mol. The van der Waals surface area contributed by atoms with Crippen LogP contribution in [0.15, 0.2) is 4.99 Å². The molecule has 154 valence electrons. The lowest BCUT2D eigenvalue weighted by atomic mass is 10.1. The van der Waals surface area contributed by atoms with Gasteiger partial charge in [-0.25, -0.2) is 9.67 Å². The number of halogens is 1. The van der Waals surface area contributed by atoms with Crippen LogP contribution in [-0.4, -0.2) is 71.6 Å². The van der Waals surface area contributed by atoms with E-state index >= 15 is 0 Å². The van der Waals surface area contributed by atoms with Crippen molar-refractivity contribution in [2.24, 2.45) is 10.9 Å². The minimum atomic E-state index is 0. The Morgan fingerprint density at radius 2 is 2.11 bits per heavy atom. The van der Waals surface area contributed by atoms with Gasteiger partial charge >= 0.3 is 0 Å². The molecule has 0 saturated carbocycles. The first-order valence-corrected chi connectivity index (χ1v) is 9.92. The van der Waals surface area contributed by atoms with Crippen LogP contribution in [0.5, 0.6) is 0 Å². The van der Waals surface area contributed by atoms with E-state index in [1.807, 2.05) is 11.6 Å². The first-order valence-electron chi connectivity index (χ1n) is 9.92. The first kappa shape index (κ1) is 22.4. The van der Waals surface area contributed by atoms with Gasteiger partial charge in [0, 0.05) is 39.3 Å². The van der Waals surface area contributed by atoms with E-state index < -0.39 is 0 Å². The van der Waals surface area contributed by atoms with Gasteiger partial charge in [0.15, 0.2) is 5.96 Å². The maximum absolute atomic E-state index is 5.42. The number of hydrogen-bond donors (Lipinski definition) is 2. The summed E-state index contributed by atoms with van der Waals surface area (Å²) in [6.07, 6.45) is 2.17. The molecule has 1 saturated heterocycles. The normalized spacial score (nSPS) is 21.9. The summed E-state index contributed by atoms with van der Waals surface area (Å²) in [4.78, 5) is 11.9. The van der Waals surface area contributed by atoms with Gasteiger partial charge in [0.1, 0.15) is 11.6 Å². The topological polar surface area (TPSA) is 79.6 Å². The minimum Gasteiger partial charge on any atom is -0.379 e. The molecule has 8 nitrogen and oxygen atoms in total. The lowest BCUT2D eigenvalue weighted by Gasteiger charge is -2.29. The largest absolute Gasteiger partial charge is 0.379 e. The van der Waals surface area contributed by atoms with Crippen LogP contribution in [0.1, 0.15) is 44.4 Å². The molecule has 0 aliphatic carbocycles. The van der Waals surface area contributed by atoms with Gasteiger partial charge in [0.2, 0.25) is 0 Å². The Hall–Kier alpha value is -0.940. The number of ether oxygens (including phenoxy) is 1. The molecule has 2 aliphatic rings. The Bertz CT molecular complexity index is 601. The molecule has 1 aromatic heterocycles. The van der Waals surface area contributed by atoms with Crippen LogP contribution in [-0.2, 0) is 11.3 Å². The highest BCUT2D eigenvalue weighted by molar-refractivity contribution is 14.0. The zero-order chi connectivity index (χ0) is 18.4. The first-order chi connectivity index (χ1) is 12.7. The van der Waals surface area contributed by atoms with Gasteiger partial charge in [-0.15, -0.1) is 24.0 Å². The zero-order valence-electron chi connectivity index (χ0n) is 16.8. The lowest BCUT2D eigenvalue weighted by Crippen LogP contribution is -2.42. The summed E-state index contributed by atoms with van der Waals surface area (Å²) in [6.45, 7) is 13.8. The Morgan fingerprint density at radius 3 is 2.85 bits per heavy atom. The van der Waals surface area contributed by atoms with Crippen molar-refractivity contribution in [3.05, 3.63) is 11.6 Å². The molecule has 2 unspecified atom stereocenters. The van der Waals surface area contributed by atoms with Crippen LogP contribution in [0.2, 0.25) is 0 Å². The molecule has 2 atom stereocenters. The number of rotatable bonds is 6. The van der Waals surface area contributed by atoms with Crippen molar-refractivity contribution in [2.75, 3.05) is 45.9 Å². The molecule has 0 amide bonds. The summed E-state index contributed by atoms with van der Waals surface area (Å²) in [5, 5.41) is 11.4. The van der Waals surface area contributed by atoms with Gasteiger partial charge in [-0.1, -0.05) is 6.92 Å². The molecule has 0 radical (unpaired) electrons. The maximum Gasteiger partial charge on any atom is 0.191 e. The highest BCUT2D eigenvalue weighted by Crippen LogP contribution is 2.22. The molecule has 0 aromatic carbocycles. The SMILES string of the molecule is CCNC(=NCC(C)CN1CCOCC1)NC1CCCn2nc(C)nc21.I. The second kappa shape index (κ2) is 11.2. The highest BCUT2D eigenvalue weighted by atomic mass is 127. The van der Waals surface area contributed by atoms with Gasteiger partial charge < -0.3 is 15.4 Å². The molecular formula is C18H34IN7O. The predicted molar refractivity (Wildman–Crippen MR) is 118 cm³/mol. The van der Waals surface area contributed by atoms with E-state index in [-0.39, 0.29) is 30.0 Å². The Kier molecular flexibility index (Phi) is 9.24. The number of aliphatic imine (C=N–C) groups is 1. The minimum absolute atomic E-state index is 0. The van der Waals surface area contributed by atoms with Gasteiger partial charge in [-0.2, -0.15) is 5.10 Å². The molecular weight excluding hydrogens is 457 g/mol. The van der Waals surface area contributed by atoms with Crippen LogP contribution < -0.4 is 10.6 Å². The molecule has 3 rings (SSSR count). The molecule has 0 bridgehead atoms. The Labute approximate surface area is 179 Å². The third-order valence-electron chi connectivity index (χ3n) is 4.87. The van der Waals surface area contributed by atoms with Crippen LogP contribution in [0.25, 0.3) is 0 Å². The molecule has 3 heterocycles. The second-order valence-electron chi connectivity index (χ2n) is 7.32. The number of nitrogens with one attached hydrogen (secondary N) is 2. The standard InChI is InChI=1S/C18H33N7O.HI/c1-4-19-18(20-12-14(2)13-24-8-10-26-11-9-24)22-16-6-5-7-25-17(16)21-15(3)23-25;/h14,16H,4-13H2,1-3H3,(H2,19,20,22);1H. The van der Waals surface area contributed by atoms with Crippen molar-refractivity contribution < 1.29 is 4.74 Å². The number of aromatic nitrogens is 3. The summed E-state index contributed by atoms with van der Waals surface area (Å²) in [5.74, 6) is 3.26. The van der Waals surface area contributed by atoms with E-state index in [2.05, 4.69) is 39.5 Å². The van der Waals surface area contributed by atoms with Crippen molar-refractivity contribution >= 4 is 29.9 Å². The number of hydrogen-bond acceptors (Lipinski definition) is 5. The van der Waals surface area contributed by atoms with Gasteiger partial charge in [0.05, 0.1) is 19.3 Å². The molecule has 27 heavy (non-hydrogen) atoms. The van der Waals surface area contributed by atoms with Crippen molar-refractivity contribution in [1.29, 1.82) is 0 Å². The maximum atomic E-state index is 5.42. The average Bonchev–Trinajstić information content (AvgIpc) is 3.02. The fourth-order valence-corrected chi connectivity index (χ4v) is 3.62. The fourth-order valence-electron chi connectivity index (χ4n) is 3.62. The second-order valence-corrected chi connectivity index (χ2v) is 7.32. The van der Waals surface area contributed by atoms with Gasteiger partial charge in [0.25, 0.3) is 0 Å². The van der Waals surface area contributed by atoms with E-state index in [0.717, 1.165) is 82.9 Å². The van der Waals surface area contributed by atoms with Crippen LogP contribution in [0.4, 0.5) is 0 Å². The average molecular weight is 491 g/mol. The van der Waals surface area contributed by atoms with Crippen LogP contribution in [0.3, 0.4) is 0 Å². The van der Waals surface area contributed by atoms with E-state index in [1.54, 1.807) is 0 Å². The summed E-state index contributed by atoms with van der Waals surface area (Å²) in [5.41, 5.74) is 0. The molecule has 9 heteroatoms. The fraction of sp³-hybridized carbons (Fsp3) is 0.833. The number of morpholine rings is 1. The van der Waals surface area contributed by atoms with Crippen molar-refractivity contribution in [2.45, 2.75) is 46.2 Å². The van der Waals surface area contributed by atoms with E-state index in [0.29, 0.717) is 5.92 Å². The van der Waals surface area contributed by atoms with Crippen molar-refractivity contribution in [1.82, 2.24) is 30.3 Å². The zero-order valence-corrected chi connectivity index (χ0v) is 19.1. The number of fused-ring (bicyclic) bond motifs is 1. The number of nitrogens with zero attached hydrogens (tertiary/aromatic N) is 5. The van der Waals surface area contributed by atoms with Crippen molar-refractivity contribution in [3.63, 3.8) is 0 Å². The number of aryl methyl sites for hydroxylation is 2. The van der Waals surface area contributed by atoms with E-state index in [4.69, 9.17) is 9.73 Å². The van der Waals surface area contributed by atoms with Crippen LogP contribution >= 0.6 is 24.0 Å². The van der Waals surface area contributed by atoms with Crippen molar-refractivity contribution in [3.8, 4) is 0 Å². The van der Waals surface area contributed by atoms with Gasteiger partial charge in [-0.05, 0) is 32.6 Å². The molecule has 1 fully saturated rings. The quantitative estimate of drug-likeness (QED) is 0.358. The third kappa shape index (κ3) is 6.56. The van der Waals surface area contributed by atoms with E-state index in [9.17, 15) is 0 Å². The Morgan fingerprint density at radius 1 is 1.33 bits per heavy atom. The third-order valence-corrected chi connectivity index (χ3v) is 4.87. The summed E-state index contributed by atoms with van der Waals surface area (Å²) < 4.78 is 7.45. The highest BCUT2D eigenvalue weighted by Gasteiger charge is 2.24. The molecule has 2 aliphatic heterocycles. The predicted octanol–water partition coefficient (Wildman–Crippen LogP) is 1.56. The summed E-state index contributed by atoms with van der Waals surface area (Å²) >= 11 is 0. The number of guanidine groups is 1. The Balaban J connectivity index is 0.00000261. The van der Waals surface area contributed by atoms with E-state index in [1.165, 1.54) is 0 Å².